The second-order valence-corrected chi connectivity index (χ2v) is 4.04. The second-order valence-electron chi connectivity index (χ2n) is 3.64. The Morgan fingerprint density at radius 3 is 2.61 bits per heavy atom. The van der Waals surface area contributed by atoms with Crippen LogP contribution in [0.4, 0.5) is 10.5 Å². The van der Waals surface area contributed by atoms with Crippen molar-refractivity contribution in [2.45, 2.75) is 13.0 Å². The molecule has 98 valence electrons. The topological polar surface area (TPSA) is 98.7 Å². The van der Waals surface area contributed by atoms with Gasteiger partial charge in [0.2, 0.25) is 0 Å². The maximum Gasteiger partial charge on any atom is 0.328 e. The first-order chi connectivity index (χ1) is 8.43. The predicted molar refractivity (Wildman–Crippen MR) is 66.9 cm³/mol. The number of hydrogen-bond acceptors (Lipinski definition) is 3. The molecule has 1 aromatic rings. The molecule has 0 bridgehead atoms. The van der Waals surface area contributed by atoms with E-state index in [2.05, 4.69) is 10.6 Å². The van der Waals surface area contributed by atoms with E-state index in [1.54, 1.807) is 18.2 Å². The largest absolute Gasteiger partial charge is 0.480 e. The van der Waals surface area contributed by atoms with Crippen molar-refractivity contribution < 1.29 is 19.8 Å². The Hall–Kier alpha value is -1.79. The number of aliphatic carboxylic acids is 1. The zero-order valence-electron chi connectivity index (χ0n) is 9.61. The van der Waals surface area contributed by atoms with Crippen LogP contribution < -0.4 is 10.6 Å². The number of carbonyl (C=O) groups is 2. The third kappa shape index (κ3) is 3.90. The van der Waals surface area contributed by atoms with Crippen LogP contribution in [0.3, 0.4) is 0 Å². The Balaban J connectivity index is 2.64. The van der Waals surface area contributed by atoms with Crippen LogP contribution in [-0.2, 0) is 4.79 Å². The summed E-state index contributed by atoms with van der Waals surface area (Å²) in [4.78, 5) is 22.0. The number of amides is 2. The quantitative estimate of drug-likeness (QED) is 0.662. The first kappa shape index (κ1) is 14.3. The van der Waals surface area contributed by atoms with Crippen LogP contribution in [0.2, 0.25) is 5.02 Å². The number of aliphatic hydroxyl groups excluding tert-OH is 1. The average Bonchev–Trinajstić information content (AvgIpc) is 2.30. The van der Waals surface area contributed by atoms with Gasteiger partial charge in [-0.3, -0.25) is 0 Å². The number of benzene rings is 1. The summed E-state index contributed by atoms with van der Waals surface area (Å²) in [6, 6.07) is 2.83. The van der Waals surface area contributed by atoms with Crippen LogP contribution in [0.5, 0.6) is 0 Å². The summed E-state index contributed by atoms with van der Waals surface area (Å²) in [5, 5.41) is 22.4. The number of aryl methyl sites for hydroxylation is 1. The van der Waals surface area contributed by atoms with Crippen LogP contribution in [0.25, 0.3) is 0 Å². The highest BCUT2D eigenvalue weighted by Gasteiger charge is 2.18. The molecule has 4 N–H and O–H groups in total. The van der Waals surface area contributed by atoms with Crippen molar-refractivity contribution in [3.8, 4) is 0 Å². The van der Waals surface area contributed by atoms with E-state index in [1.165, 1.54) is 0 Å². The molecule has 1 aromatic carbocycles. The Morgan fingerprint density at radius 2 is 2.11 bits per heavy atom. The van der Waals surface area contributed by atoms with E-state index in [0.29, 0.717) is 10.7 Å². The van der Waals surface area contributed by atoms with Gasteiger partial charge in [-0.05, 0) is 24.6 Å². The monoisotopic (exact) mass is 272 g/mol. The number of anilines is 1. The maximum atomic E-state index is 11.4. The number of urea groups is 1. The minimum Gasteiger partial charge on any atom is -0.480 e. The van der Waals surface area contributed by atoms with Gasteiger partial charge in [0.1, 0.15) is 0 Å². The molecule has 0 aromatic heterocycles. The van der Waals surface area contributed by atoms with Gasteiger partial charge < -0.3 is 20.8 Å². The fraction of sp³-hybridized carbons (Fsp3) is 0.273. The van der Waals surface area contributed by atoms with Crippen molar-refractivity contribution in [3.63, 3.8) is 0 Å². The Bertz CT molecular complexity index is 464. The van der Waals surface area contributed by atoms with E-state index in [1.807, 2.05) is 6.92 Å². The van der Waals surface area contributed by atoms with E-state index in [0.717, 1.165) is 5.56 Å². The van der Waals surface area contributed by atoms with Crippen molar-refractivity contribution in [2.24, 2.45) is 0 Å². The number of hydrogen-bond donors (Lipinski definition) is 4. The lowest BCUT2D eigenvalue weighted by Gasteiger charge is -2.13. The van der Waals surface area contributed by atoms with Gasteiger partial charge >= 0.3 is 12.0 Å². The number of aliphatic hydroxyl groups is 1. The molecule has 1 unspecified atom stereocenters. The highest BCUT2D eigenvalue weighted by atomic mass is 35.5. The number of carboxylic acids is 1. The second kappa shape index (κ2) is 6.23. The molecule has 0 radical (unpaired) electrons. The summed E-state index contributed by atoms with van der Waals surface area (Å²) < 4.78 is 0. The molecular weight excluding hydrogens is 260 g/mol. The summed E-state index contributed by atoms with van der Waals surface area (Å²) in [6.07, 6.45) is 0. The maximum absolute atomic E-state index is 11.4. The van der Waals surface area contributed by atoms with Crippen molar-refractivity contribution in [1.29, 1.82) is 0 Å². The van der Waals surface area contributed by atoms with Crippen molar-refractivity contribution in [2.75, 3.05) is 11.9 Å². The van der Waals surface area contributed by atoms with Gasteiger partial charge in [0, 0.05) is 10.7 Å². The van der Waals surface area contributed by atoms with E-state index < -0.39 is 24.6 Å². The van der Waals surface area contributed by atoms with Gasteiger partial charge in [-0.2, -0.15) is 0 Å². The van der Waals surface area contributed by atoms with Gasteiger partial charge in [0.15, 0.2) is 6.04 Å². The standard InChI is InChI=1S/C11H13ClN2O4/c1-6-2-3-7(4-8(6)12)13-11(18)14-9(5-15)10(16)17/h2-4,9,15H,5H2,1H3,(H,16,17)(H2,13,14,18). The van der Waals surface area contributed by atoms with Crippen molar-refractivity contribution in [3.05, 3.63) is 28.8 Å². The average molecular weight is 273 g/mol. The third-order valence-corrected chi connectivity index (χ3v) is 2.62. The molecule has 0 aliphatic carbocycles. The first-order valence-corrected chi connectivity index (χ1v) is 5.49. The smallest absolute Gasteiger partial charge is 0.328 e. The molecule has 2 amide bonds. The molecule has 0 aliphatic heterocycles. The molecule has 18 heavy (non-hydrogen) atoms. The number of nitrogens with one attached hydrogen (secondary N) is 2. The first-order valence-electron chi connectivity index (χ1n) is 5.11. The highest BCUT2D eigenvalue weighted by Crippen LogP contribution is 2.19. The van der Waals surface area contributed by atoms with Crippen LogP contribution in [0, 0.1) is 6.92 Å². The summed E-state index contributed by atoms with van der Waals surface area (Å²) in [5.74, 6) is -1.31. The Labute approximate surface area is 109 Å². The number of rotatable bonds is 4. The molecule has 1 rings (SSSR count). The zero-order valence-corrected chi connectivity index (χ0v) is 10.4. The number of carboxylic acid groups (broad SMARTS) is 1. The molecule has 0 aliphatic rings. The zero-order chi connectivity index (χ0) is 13.7. The van der Waals surface area contributed by atoms with E-state index >= 15 is 0 Å². The molecule has 1 atom stereocenters. The van der Waals surface area contributed by atoms with Crippen LogP contribution in [0.15, 0.2) is 18.2 Å². The number of carbonyl (C=O) groups excluding carboxylic acids is 1. The normalized spacial score (nSPS) is 11.7. The fourth-order valence-electron chi connectivity index (χ4n) is 1.18. The lowest BCUT2D eigenvalue weighted by molar-refractivity contribution is -0.140. The number of halogens is 1. The van der Waals surface area contributed by atoms with Crippen molar-refractivity contribution in [1.82, 2.24) is 5.32 Å². The van der Waals surface area contributed by atoms with E-state index in [-0.39, 0.29) is 0 Å². The van der Waals surface area contributed by atoms with Crippen LogP contribution >= 0.6 is 11.6 Å². The minimum atomic E-state index is -1.34. The molecular formula is C11H13ClN2O4. The Morgan fingerprint density at radius 1 is 1.44 bits per heavy atom. The highest BCUT2D eigenvalue weighted by molar-refractivity contribution is 6.31. The molecule has 0 spiro atoms. The lowest BCUT2D eigenvalue weighted by Crippen LogP contribution is -2.45. The summed E-state index contributed by atoms with van der Waals surface area (Å²) >= 11 is 5.87. The van der Waals surface area contributed by atoms with Gasteiger partial charge in [-0.1, -0.05) is 17.7 Å². The Kier molecular flexibility index (Phi) is 4.94. The molecule has 6 nitrogen and oxygen atoms in total. The predicted octanol–water partition coefficient (Wildman–Crippen LogP) is 1.22. The molecule has 0 fully saturated rings. The molecule has 0 saturated carbocycles. The van der Waals surface area contributed by atoms with E-state index in [9.17, 15) is 9.59 Å². The van der Waals surface area contributed by atoms with Gasteiger partial charge in [-0.25, -0.2) is 9.59 Å². The SMILES string of the molecule is Cc1ccc(NC(=O)NC(CO)C(=O)O)cc1Cl. The van der Waals surface area contributed by atoms with Crippen LogP contribution in [0.1, 0.15) is 5.56 Å². The van der Waals surface area contributed by atoms with Gasteiger partial charge in [0.05, 0.1) is 6.61 Å². The summed E-state index contributed by atoms with van der Waals surface area (Å²) in [6.45, 7) is 1.13. The summed E-state index contributed by atoms with van der Waals surface area (Å²) in [5.41, 5.74) is 1.30. The third-order valence-electron chi connectivity index (χ3n) is 2.22. The molecule has 7 heteroatoms. The molecule has 0 saturated heterocycles. The lowest BCUT2D eigenvalue weighted by atomic mass is 10.2. The van der Waals surface area contributed by atoms with Crippen molar-refractivity contribution >= 4 is 29.3 Å². The van der Waals surface area contributed by atoms with E-state index in [4.69, 9.17) is 21.8 Å². The summed E-state index contributed by atoms with van der Waals surface area (Å²) in [7, 11) is 0. The minimum absolute atomic E-state index is 0.435. The van der Waals surface area contributed by atoms with Crippen LogP contribution in [-0.4, -0.2) is 34.9 Å². The molecule has 0 heterocycles. The fourth-order valence-corrected chi connectivity index (χ4v) is 1.36. The van der Waals surface area contributed by atoms with Gasteiger partial charge in [-0.15, -0.1) is 0 Å². The van der Waals surface area contributed by atoms with Gasteiger partial charge in [0.25, 0.3) is 0 Å².